The number of anilines is 2. The quantitative estimate of drug-likeness (QED) is 0.853. The van der Waals surface area contributed by atoms with E-state index in [-0.39, 0.29) is 5.41 Å². The van der Waals surface area contributed by atoms with Gasteiger partial charge in [0.15, 0.2) is 0 Å². The van der Waals surface area contributed by atoms with Crippen LogP contribution in [-0.2, 0) is 12.0 Å². The van der Waals surface area contributed by atoms with Crippen LogP contribution >= 0.6 is 11.5 Å². The van der Waals surface area contributed by atoms with E-state index < -0.39 is 0 Å². The van der Waals surface area contributed by atoms with Crippen LogP contribution in [0.25, 0.3) is 0 Å². The minimum Gasteiger partial charge on any atom is -0.399 e. The third-order valence-electron chi connectivity index (χ3n) is 3.20. The van der Waals surface area contributed by atoms with Gasteiger partial charge in [-0.05, 0) is 24.1 Å². The molecule has 0 radical (unpaired) electrons. The number of nitrogen functional groups attached to an aromatic ring is 1. The largest absolute Gasteiger partial charge is 0.399 e. The zero-order valence-corrected chi connectivity index (χ0v) is 14.1. The molecule has 0 unspecified atom stereocenters. The van der Waals surface area contributed by atoms with E-state index in [2.05, 4.69) is 49.1 Å². The first-order chi connectivity index (χ1) is 9.90. The summed E-state index contributed by atoms with van der Waals surface area (Å²) >= 11 is 1.49. The van der Waals surface area contributed by atoms with Gasteiger partial charge in [-0.15, -0.1) is 0 Å². The Kier molecular flexibility index (Phi) is 4.83. The van der Waals surface area contributed by atoms with Gasteiger partial charge in [0.2, 0.25) is 5.13 Å². The maximum absolute atomic E-state index is 5.74. The van der Waals surface area contributed by atoms with Crippen LogP contribution < -0.4 is 10.6 Å². The summed E-state index contributed by atoms with van der Waals surface area (Å²) in [7, 11) is 0. The van der Waals surface area contributed by atoms with Crippen LogP contribution in [0.4, 0.5) is 10.8 Å². The fraction of sp³-hybridized carbons (Fsp3) is 0.500. The van der Waals surface area contributed by atoms with Crippen molar-refractivity contribution in [3.63, 3.8) is 0 Å². The predicted molar refractivity (Wildman–Crippen MR) is 90.8 cm³/mol. The van der Waals surface area contributed by atoms with Gasteiger partial charge >= 0.3 is 0 Å². The van der Waals surface area contributed by atoms with Crippen LogP contribution in [0.2, 0.25) is 0 Å². The number of nitrogens with zero attached hydrogens (tertiary/aromatic N) is 3. The van der Waals surface area contributed by atoms with Crippen molar-refractivity contribution < 1.29 is 0 Å². The van der Waals surface area contributed by atoms with Crippen LogP contribution in [0.5, 0.6) is 0 Å². The molecule has 1 aromatic heterocycles. The van der Waals surface area contributed by atoms with Crippen LogP contribution in [0.3, 0.4) is 0 Å². The lowest BCUT2D eigenvalue weighted by molar-refractivity contribution is 0.554. The first-order valence-corrected chi connectivity index (χ1v) is 8.11. The first-order valence-electron chi connectivity index (χ1n) is 7.33. The Labute approximate surface area is 131 Å². The van der Waals surface area contributed by atoms with E-state index in [0.717, 1.165) is 36.2 Å². The molecule has 0 aliphatic heterocycles. The molecule has 2 rings (SSSR count). The molecule has 0 amide bonds. The second kappa shape index (κ2) is 6.43. The first kappa shape index (κ1) is 15.8. The minimum atomic E-state index is -0.00612. The minimum absolute atomic E-state index is 0.00612. The monoisotopic (exact) mass is 304 g/mol. The van der Waals surface area contributed by atoms with E-state index in [1.54, 1.807) is 0 Å². The average Bonchev–Trinajstić information content (AvgIpc) is 2.90. The lowest BCUT2D eigenvalue weighted by atomic mass is 9.96. The molecule has 0 aliphatic rings. The Bertz CT molecular complexity index is 569. The molecule has 0 atom stereocenters. The third-order valence-corrected chi connectivity index (χ3v) is 3.98. The van der Waals surface area contributed by atoms with Crippen LogP contribution in [0.15, 0.2) is 24.3 Å². The van der Waals surface area contributed by atoms with Gasteiger partial charge in [-0.2, -0.15) is 4.37 Å². The number of nitrogens with two attached hydrogens (primary N) is 1. The fourth-order valence-corrected chi connectivity index (χ4v) is 2.89. The van der Waals surface area contributed by atoms with Crippen LogP contribution in [0.1, 0.15) is 45.5 Å². The van der Waals surface area contributed by atoms with Gasteiger partial charge in [0, 0.05) is 35.7 Å². The third kappa shape index (κ3) is 4.17. The normalized spacial score (nSPS) is 11.6. The van der Waals surface area contributed by atoms with E-state index in [9.17, 15) is 0 Å². The standard InChI is InChI=1S/C16H24N4S/c1-5-10-20(11-12-6-8-13(17)9-7-12)15-18-14(19-21-15)16(2,3)4/h6-9H,5,10-11,17H2,1-4H3. The second-order valence-corrected chi connectivity index (χ2v) is 7.04. The van der Waals surface area contributed by atoms with Gasteiger partial charge in [-0.3, -0.25) is 0 Å². The maximum Gasteiger partial charge on any atom is 0.205 e. The molecule has 4 nitrogen and oxygen atoms in total. The van der Waals surface area contributed by atoms with Crippen molar-refractivity contribution in [3.8, 4) is 0 Å². The van der Waals surface area contributed by atoms with E-state index in [1.807, 2.05) is 12.1 Å². The molecule has 5 heteroatoms. The number of hydrogen-bond acceptors (Lipinski definition) is 5. The highest BCUT2D eigenvalue weighted by atomic mass is 32.1. The molecule has 0 saturated carbocycles. The van der Waals surface area contributed by atoms with Crippen molar-refractivity contribution in [2.24, 2.45) is 0 Å². The van der Waals surface area contributed by atoms with Crippen molar-refractivity contribution in [1.82, 2.24) is 9.36 Å². The highest BCUT2D eigenvalue weighted by Crippen LogP contribution is 2.26. The summed E-state index contributed by atoms with van der Waals surface area (Å²) in [5.74, 6) is 0.918. The lowest BCUT2D eigenvalue weighted by Crippen LogP contribution is -2.23. The average molecular weight is 304 g/mol. The number of aromatic nitrogens is 2. The lowest BCUT2D eigenvalue weighted by Gasteiger charge is -2.21. The van der Waals surface area contributed by atoms with Crippen LogP contribution in [0, 0.1) is 0 Å². The van der Waals surface area contributed by atoms with E-state index >= 15 is 0 Å². The summed E-state index contributed by atoms with van der Waals surface area (Å²) in [5, 5.41) is 0.999. The van der Waals surface area contributed by atoms with Gasteiger partial charge in [-0.1, -0.05) is 39.8 Å². The maximum atomic E-state index is 5.74. The van der Waals surface area contributed by atoms with Crippen molar-refractivity contribution in [3.05, 3.63) is 35.7 Å². The predicted octanol–water partition coefficient (Wildman–Crippen LogP) is 3.83. The van der Waals surface area contributed by atoms with Gasteiger partial charge in [-0.25, -0.2) is 4.98 Å². The summed E-state index contributed by atoms with van der Waals surface area (Å²) in [5.41, 5.74) is 7.78. The SMILES string of the molecule is CCCN(Cc1ccc(N)cc1)c1nc(C(C)(C)C)ns1. The number of hydrogen-bond donors (Lipinski definition) is 1. The molecule has 0 aliphatic carbocycles. The van der Waals surface area contributed by atoms with E-state index in [4.69, 9.17) is 10.7 Å². The summed E-state index contributed by atoms with van der Waals surface area (Å²) < 4.78 is 4.52. The molecule has 21 heavy (non-hydrogen) atoms. The van der Waals surface area contributed by atoms with E-state index in [1.165, 1.54) is 17.1 Å². The van der Waals surface area contributed by atoms with Gasteiger partial charge < -0.3 is 10.6 Å². The van der Waals surface area contributed by atoms with Crippen molar-refractivity contribution in [1.29, 1.82) is 0 Å². The van der Waals surface area contributed by atoms with Crippen LogP contribution in [-0.4, -0.2) is 15.9 Å². The molecular weight excluding hydrogens is 280 g/mol. The van der Waals surface area contributed by atoms with Gasteiger partial charge in [0.1, 0.15) is 5.82 Å². The molecule has 0 spiro atoms. The van der Waals surface area contributed by atoms with Crippen molar-refractivity contribution in [2.45, 2.75) is 46.1 Å². The molecule has 0 fully saturated rings. The molecule has 0 bridgehead atoms. The zero-order valence-electron chi connectivity index (χ0n) is 13.3. The summed E-state index contributed by atoms with van der Waals surface area (Å²) in [6.07, 6.45) is 1.08. The highest BCUT2D eigenvalue weighted by Gasteiger charge is 2.21. The molecule has 2 N–H and O–H groups in total. The fourth-order valence-electron chi connectivity index (χ4n) is 2.00. The Morgan fingerprint density at radius 1 is 1.19 bits per heavy atom. The summed E-state index contributed by atoms with van der Waals surface area (Å²) in [6.45, 7) is 10.4. The summed E-state index contributed by atoms with van der Waals surface area (Å²) in [4.78, 5) is 7.01. The number of rotatable bonds is 5. The molecule has 114 valence electrons. The van der Waals surface area contributed by atoms with Crippen molar-refractivity contribution in [2.75, 3.05) is 17.2 Å². The van der Waals surface area contributed by atoms with E-state index in [0.29, 0.717) is 0 Å². The van der Waals surface area contributed by atoms with Gasteiger partial charge in [0.25, 0.3) is 0 Å². The molecule has 1 aromatic carbocycles. The Hall–Kier alpha value is -1.62. The second-order valence-electron chi connectivity index (χ2n) is 6.31. The van der Waals surface area contributed by atoms with Gasteiger partial charge in [0.05, 0.1) is 0 Å². The Morgan fingerprint density at radius 2 is 1.86 bits per heavy atom. The molecular formula is C16H24N4S. The topological polar surface area (TPSA) is 55.0 Å². The zero-order chi connectivity index (χ0) is 15.5. The molecule has 0 saturated heterocycles. The number of benzene rings is 1. The summed E-state index contributed by atoms with van der Waals surface area (Å²) in [6, 6.07) is 8.04. The van der Waals surface area contributed by atoms with Crippen molar-refractivity contribution >= 4 is 22.4 Å². The molecule has 2 aromatic rings. The smallest absolute Gasteiger partial charge is 0.205 e. The Morgan fingerprint density at radius 3 is 2.38 bits per heavy atom. The highest BCUT2D eigenvalue weighted by molar-refractivity contribution is 7.09. The Balaban J connectivity index is 2.18. The molecule has 1 heterocycles.